The van der Waals surface area contributed by atoms with Gasteiger partial charge in [-0.3, -0.25) is 9.59 Å². The number of carbonyl (C=O) groups excluding carboxylic acids is 3. The molecular formula is C27H38N4O6S. The number of aromatic nitrogens is 1. The van der Waals surface area contributed by atoms with Crippen molar-refractivity contribution in [3.05, 3.63) is 35.0 Å². The Balaban J connectivity index is 1.71. The molecule has 3 rings (SSSR count). The number of ether oxygens (including phenoxy) is 1. The van der Waals surface area contributed by atoms with Crippen molar-refractivity contribution in [3.8, 4) is 16.2 Å². The number of thiazole rings is 1. The van der Waals surface area contributed by atoms with Gasteiger partial charge in [0, 0.05) is 25.1 Å². The Hall–Kier alpha value is -3.18. The number of rotatable bonds is 6. The normalized spacial score (nSPS) is 18.7. The number of β-amino-alcohol motifs (C(OH)–C–C–N with tert-alkyl or cyclic N) is 1. The van der Waals surface area contributed by atoms with Crippen LogP contribution in [0.5, 0.6) is 5.75 Å². The van der Waals surface area contributed by atoms with Crippen LogP contribution < -0.4 is 10.6 Å². The monoisotopic (exact) mass is 546 g/mol. The molecule has 2 aromatic rings. The van der Waals surface area contributed by atoms with Gasteiger partial charge in [-0.05, 0) is 44.7 Å². The first-order valence-electron chi connectivity index (χ1n) is 12.5. The fourth-order valence-corrected chi connectivity index (χ4v) is 5.08. The third kappa shape index (κ3) is 7.22. The average Bonchev–Trinajstić information content (AvgIpc) is 3.39. The van der Waals surface area contributed by atoms with Gasteiger partial charge < -0.3 is 30.5 Å². The number of benzene rings is 1. The van der Waals surface area contributed by atoms with Crippen LogP contribution in [0.15, 0.2) is 23.7 Å². The molecule has 1 saturated heterocycles. The molecule has 3 amide bonds. The number of aryl methyl sites for hydroxylation is 1. The predicted molar refractivity (Wildman–Crippen MR) is 145 cm³/mol. The maximum absolute atomic E-state index is 13.6. The minimum atomic E-state index is -0.982. The van der Waals surface area contributed by atoms with Crippen LogP contribution in [0.25, 0.3) is 10.4 Å². The fourth-order valence-electron chi connectivity index (χ4n) is 4.28. The van der Waals surface area contributed by atoms with Crippen molar-refractivity contribution in [2.75, 3.05) is 6.54 Å². The quantitative estimate of drug-likeness (QED) is 0.435. The Morgan fingerprint density at radius 3 is 2.45 bits per heavy atom. The summed E-state index contributed by atoms with van der Waals surface area (Å²) < 4.78 is 5.33. The number of aliphatic hydroxyl groups excluding tert-OH is 1. The van der Waals surface area contributed by atoms with E-state index in [1.165, 1.54) is 16.2 Å². The number of hydrogen-bond donors (Lipinski definition) is 4. The Morgan fingerprint density at radius 2 is 1.89 bits per heavy atom. The van der Waals surface area contributed by atoms with Crippen LogP contribution in [0.4, 0.5) is 4.79 Å². The van der Waals surface area contributed by atoms with Crippen molar-refractivity contribution in [2.24, 2.45) is 5.41 Å². The van der Waals surface area contributed by atoms with Crippen LogP contribution in [0.1, 0.15) is 59.2 Å². The molecule has 1 aliphatic rings. The molecule has 0 aliphatic carbocycles. The van der Waals surface area contributed by atoms with E-state index in [9.17, 15) is 24.6 Å². The average molecular weight is 547 g/mol. The van der Waals surface area contributed by atoms with E-state index in [1.807, 2.05) is 13.0 Å². The number of likely N-dealkylation sites (tertiary alicyclic amines) is 1. The van der Waals surface area contributed by atoms with Gasteiger partial charge in [0.15, 0.2) is 0 Å². The van der Waals surface area contributed by atoms with Crippen molar-refractivity contribution in [1.82, 2.24) is 20.5 Å². The predicted octanol–water partition coefficient (Wildman–Crippen LogP) is 3.34. The number of amides is 3. The third-order valence-corrected chi connectivity index (χ3v) is 7.16. The lowest BCUT2D eigenvalue weighted by molar-refractivity contribution is -0.142. The van der Waals surface area contributed by atoms with Gasteiger partial charge >= 0.3 is 6.09 Å². The summed E-state index contributed by atoms with van der Waals surface area (Å²) in [5, 5.41) is 26.3. The molecule has 0 saturated carbocycles. The van der Waals surface area contributed by atoms with Crippen LogP contribution in [0, 0.1) is 12.3 Å². The second-order valence-electron chi connectivity index (χ2n) is 11.7. The van der Waals surface area contributed by atoms with E-state index in [4.69, 9.17) is 4.74 Å². The van der Waals surface area contributed by atoms with E-state index in [1.54, 1.807) is 59.2 Å². The topological polar surface area (TPSA) is 141 Å². The Bertz CT molecular complexity index is 1180. The number of aliphatic hydroxyl groups is 1. The molecule has 0 bridgehead atoms. The molecule has 1 aromatic carbocycles. The number of phenols is 1. The fraction of sp³-hybridized carbons (Fsp3) is 0.556. The van der Waals surface area contributed by atoms with E-state index in [0.717, 1.165) is 16.1 Å². The summed E-state index contributed by atoms with van der Waals surface area (Å²) in [7, 11) is 0. The summed E-state index contributed by atoms with van der Waals surface area (Å²) in [6.45, 7) is 12.5. The lowest BCUT2D eigenvalue weighted by Gasteiger charge is -2.35. The first-order chi connectivity index (χ1) is 17.6. The summed E-state index contributed by atoms with van der Waals surface area (Å²) in [4.78, 5) is 45.7. The molecule has 1 aliphatic heterocycles. The largest absolute Gasteiger partial charge is 0.508 e. The molecule has 2 heterocycles. The van der Waals surface area contributed by atoms with Crippen molar-refractivity contribution in [2.45, 2.75) is 85.2 Å². The lowest BCUT2D eigenvalue weighted by atomic mass is 9.85. The van der Waals surface area contributed by atoms with Gasteiger partial charge in [-0.15, -0.1) is 11.3 Å². The number of alkyl carbamates (subject to hydrolysis) is 1. The first kappa shape index (κ1) is 29.4. The van der Waals surface area contributed by atoms with Gasteiger partial charge in [0.05, 0.1) is 22.2 Å². The maximum Gasteiger partial charge on any atom is 0.408 e. The Kier molecular flexibility index (Phi) is 8.72. The van der Waals surface area contributed by atoms with Gasteiger partial charge in [-0.2, -0.15) is 0 Å². The number of carbonyl (C=O) groups is 3. The highest BCUT2D eigenvalue weighted by Crippen LogP contribution is 2.31. The first-order valence-corrected chi connectivity index (χ1v) is 13.4. The Labute approximate surface area is 227 Å². The molecule has 1 aromatic heterocycles. The molecule has 0 spiro atoms. The van der Waals surface area contributed by atoms with Crippen molar-refractivity contribution in [1.29, 1.82) is 0 Å². The minimum Gasteiger partial charge on any atom is -0.508 e. The zero-order chi connectivity index (χ0) is 28.4. The van der Waals surface area contributed by atoms with Gasteiger partial charge in [0.2, 0.25) is 11.8 Å². The molecule has 10 nitrogen and oxygen atoms in total. The third-order valence-electron chi connectivity index (χ3n) is 6.18. The summed E-state index contributed by atoms with van der Waals surface area (Å²) in [6, 6.07) is 3.31. The SMILES string of the molecule is Cc1ncsc1-c1ccc(CNC(=O)[C@@H]2C[C@H](O)CN2C(=O)[C@@H](NC(=O)OC(C)(C)C)C(C)(C)C)c(O)c1. The standard InChI is InChI=1S/C27H38N4O6S/c1-15-21(38-14-29-15)16-8-9-17(20(33)10-16)12-28-23(34)19-11-18(32)13-31(19)24(35)22(26(2,3)4)30-25(36)37-27(5,6)7/h8-10,14,18-19,22,32-33H,11-13H2,1-7H3,(H,28,34)(H,30,36)/t18-,19-,22+/m0/s1. The van der Waals surface area contributed by atoms with Gasteiger partial charge in [0.1, 0.15) is 23.4 Å². The van der Waals surface area contributed by atoms with Gasteiger partial charge in [0.25, 0.3) is 0 Å². The molecule has 0 unspecified atom stereocenters. The van der Waals surface area contributed by atoms with E-state index in [-0.39, 0.29) is 25.3 Å². The minimum absolute atomic E-state index is 0.0318. The highest BCUT2D eigenvalue weighted by atomic mass is 32.1. The smallest absolute Gasteiger partial charge is 0.408 e. The van der Waals surface area contributed by atoms with E-state index >= 15 is 0 Å². The van der Waals surface area contributed by atoms with E-state index < -0.39 is 47.1 Å². The van der Waals surface area contributed by atoms with Crippen LogP contribution in [0.3, 0.4) is 0 Å². The summed E-state index contributed by atoms with van der Waals surface area (Å²) in [6.07, 6.45) is -1.55. The van der Waals surface area contributed by atoms with Crippen LogP contribution in [0.2, 0.25) is 0 Å². The molecule has 4 N–H and O–H groups in total. The number of nitrogens with one attached hydrogen (secondary N) is 2. The van der Waals surface area contributed by atoms with Crippen molar-refractivity contribution < 1.29 is 29.3 Å². The highest BCUT2D eigenvalue weighted by Gasteiger charge is 2.44. The molecule has 208 valence electrons. The molecule has 0 radical (unpaired) electrons. The van der Waals surface area contributed by atoms with Crippen molar-refractivity contribution >= 4 is 29.2 Å². The van der Waals surface area contributed by atoms with Crippen LogP contribution in [-0.4, -0.2) is 68.3 Å². The number of hydrogen-bond acceptors (Lipinski definition) is 8. The van der Waals surface area contributed by atoms with Gasteiger partial charge in [-0.25, -0.2) is 9.78 Å². The number of nitrogens with zero attached hydrogens (tertiary/aromatic N) is 2. The molecule has 38 heavy (non-hydrogen) atoms. The maximum atomic E-state index is 13.6. The van der Waals surface area contributed by atoms with Crippen LogP contribution in [-0.2, 0) is 20.9 Å². The summed E-state index contributed by atoms with van der Waals surface area (Å²) >= 11 is 1.48. The Morgan fingerprint density at radius 1 is 1.21 bits per heavy atom. The zero-order valence-corrected chi connectivity index (χ0v) is 23.8. The second-order valence-corrected chi connectivity index (χ2v) is 12.5. The summed E-state index contributed by atoms with van der Waals surface area (Å²) in [5.41, 5.74) is 2.53. The van der Waals surface area contributed by atoms with E-state index in [0.29, 0.717) is 5.56 Å². The molecular weight excluding hydrogens is 508 g/mol. The summed E-state index contributed by atoms with van der Waals surface area (Å²) in [5.74, 6) is -0.905. The number of aromatic hydroxyl groups is 1. The van der Waals surface area contributed by atoms with Crippen LogP contribution >= 0.6 is 11.3 Å². The zero-order valence-electron chi connectivity index (χ0n) is 23.0. The lowest BCUT2D eigenvalue weighted by Crippen LogP contribution is -2.58. The highest BCUT2D eigenvalue weighted by molar-refractivity contribution is 7.13. The molecule has 11 heteroatoms. The van der Waals surface area contributed by atoms with E-state index in [2.05, 4.69) is 15.6 Å². The second kappa shape index (κ2) is 11.3. The van der Waals surface area contributed by atoms with Crippen molar-refractivity contribution in [3.63, 3.8) is 0 Å². The molecule has 3 atom stereocenters. The molecule has 1 fully saturated rings. The number of phenolic OH excluding ortho intramolecular Hbond substituents is 1. The van der Waals surface area contributed by atoms with Gasteiger partial charge in [-0.1, -0.05) is 32.9 Å².